The smallest absolute Gasteiger partial charge is 0.227 e. The summed E-state index contributed by atoms with van der Waals surface area (Å²) < 4.78 is 0. The molecule has 2 N–H and O–H groups in total. The Hall–Kier alpha value is -2.49. The van der Waals surface area contributed by atoms with Crippen molar-refractivity contribution in [3.63, 3.8) is 0 Å². The topological polar surface area (TPSA) is 52.6 Å². The Balaban J connectivity index is 1.51. The molecule has 0 aliphatic carbocycles. The van der Waals surface area contributed by atoms with Crippen LogP contribution in [0.3, 0.4) is 0 Å². The summed E-state index contributed by atoms with van der Waals surface area (Å²) in [5.41, 5.74) is 3.09. The summed E-state index contributed by atoms with van der Waals surface area (Å²) in [5.74, 6) is 0.285. The Morgan fingerprint density at radius 2 is 1.92 bits per heavy atom. The van der Waals surface area contributed by atoms with Gasteiger partial charge in [0.2, 0.25) is 5.91 Å². The summed E-state index contributed by atoms with van der Waals surface area (Å²) in [4.78, 5) is 14.3. The number of piperidine rings is 1. The molecule has 4 nitrogen and oxygen atoms in total. The zero-order valence-corrected chi connectivity index (χ0v) is 14.0. The van der Waals surface area contributed by atoms with E-state index in [9.17, 15) is 9.90 Å². The van der Waals surface area contributed by atoms with Crippen LogP contribution in [0.15, 0.2) is 48.5 Å². The number of anilines is 1. The van der Waals surface area contributed by atoms with E-state index < -0.39 is 0 Å². The molecule has 2 aromatic carbocycles. The molecule has 1 saturated heterocycles. The highest BCUT2D eigenvalue weighted by atomic mass is 16.3. The van der Waals surface area contributed by atoms with E-state index in [4.69, 9.17) is 0 Å². The van der Waals surface area contributed by atoms with Crippen LogP contribution in [0, 0.1) is 6.92 Å². The highest BCUT2D eigenvalue weighted by Gasteiger charge is 2.23. The second kappa shape index (κ2) is 7.39. The fraction of sp³-hybridized carbons (Fsp3) is 0.350. The Morgan fingerprint density at radius 1 is 1.17 bits per heavy atom. The highest BCUT2D eigenvalue weighted by molar-refractivity contribution is 5.79. The number of nitrogens with one attached hydrogen (secondary N) is 1. The Bertz CT molecular complexity index is 706. The first-order valence-corrected chi connectivity index (χ1v) is 8.49. The number of aromatic hydroxyl groups is 1. The van der Waals surface area contributed by atoms with E-state index in [0.717, 1.165) is 31.6 Å². The number of amides is 1. The molecular weight excluding hydrogens is 300 g/mol. The molecule has 1 amide bonds. The Morgan fingerprint density at radius 3 is 2.62 bits per heavy atom. The lowest BCUT2D eigenvalue weighted by Gasteiger charge is -2.33. The Labute approximate surface area is 143 Å². The molecule has 0 unspecified atom stereocenters. The maximum atomic E-state index is 12.4. The van der Waals surface area contributed by atoms with Gasteiger partial charge in [0, 0.05) is 30.4 Å². The zero-order valence-electron chi connectivity index (χ0n) is 14.0. The third-order valence-electron chi connectivity index (χ3n) is 4.57. The van der Waals surface area contributed by atoms with Gasteiger partial charge in [-0.2, -0.15) is 0 Å². The van der Waals surface area contributed by atoms with Crippen molar-refractivity contribution in [1.29, 1.82) is 0 Å². The van der Waals surface area contributed by atoms with Crippen LogP contribution in [0.4, 0.5) is 5.69 Å². The zero-order chi connectivity index (χ0) is 16.9. The van der Waals surface area contributed by atoms with Gasteiger partial charge in [0.25, 0.3) is 0 Å². The van der Waals surface area contributed by atoms with Crippen molar-refractivity contribution >= 4 is 11.6 Å². The molecule has 0 spiro atoms. The molecule has 1 fully saturated rings. The van der Waals surface area contributed by atoms with E-state index in [1.165, 1.54) is 5.56 Å². The number of hydrogen-bond acceptors (Lipinski definition) is 3. The van der Waals surface area contributed by atoms with Gasteiger partial charge >= 0.3 is 0 Å². The van der Waals surface area contributed by atoms with Crippen molar-refractivity contribution < 1.29 is 9.90 Å². The van der Waals surface area contributed by atoms with E-state index >= 15 is 0 Å². The number of aryl methyl sites for hydroxylation is 1. The number of likely N-dealkylation sites (tertiary alicyclic amines) is 1. The third-order valence-corrected chi connectivity index (χ3v) is 4.57. The molecule has 2 aromatic rings. The van der Waals surface area contributed by atoms with Gasteiger partial charge in [0.05, 0.1) is 6.42 Å². The van der Waals surface area contributed by atoms with Gasteiger partial charge < -0.3 is 15.3 Å². The van der Waals surface area contributed by atoms with Crippen LogP contribution in [-0.4, -0.2) is 35.0 Å². The van der Waals surface area contributed by atoms with Gasteiger partial charge in [-0.15, -0.1) is 0 Å². The summed E-state index contributed by atoms with van der Waals surface area (Å²) in [7, 11) is 0. The monoisotopic (exact) mass is 324 g/mol. The minimum Gasteiger partial charge on any atom is -0.508 e. The molecule has 1 aliphatic rings. The summed E-state index contributed by atoms with van der Waals surface area (Å²) in [5, 5.41) is 13.4. The molecular formula is C20H24N2O2. The van der Waals surface area contributed by atoms with Gasteiger partial charge in [0.15, 0.2) is 0 Å². The van der Waals surface area contributed by atoms with E-state index in [-0.39, 0.29) is 18.1 Å². The number of hydrogen-bond donors (Lipinski definition) is 2. The number of nitrogens with zero attached hydrogens (tertiary/aromatic N) is 1. The molecule has 126 valence electrons. The Kier molecular flexibility index (Phi) is 5.04. The lowest BCUT2D eigenvalue weighted by Crippen LogP contribution is -2.43. The normalized spacial score (nSPS) is 15.3. The predicted molar refractivity (Wildman–Crippen MR) is 96.2 cm³/mol. The second-order valence-corrected chi connectivity index (χ2v) is 6.47. The molecule has 0 saturated carbocycles. The SMILES string of the molecule is Cc1cccc(NC2CCN(C(=O)Cc3ccccc3O)CC2)c1. The molecule has 3 rings (SSSR count). The summed E-state index contributed by atoms with van der Waals surface area (Å²) in [6, 6.07) is 15.8. The van der Waals surface area contributed by atoms with Gasteiger partial charge in [-0.05, 0) is 43.5 Å². The van der Waals surface area contributed by atoms with Crippen LogP contribution < -0.4 is 5.32 Å². The molecule has 0 radical (unpaired) electrons. The number of phenolic OH excluding ortho intramolecular Hbond substituents is 1. The van der Waals surface area contributed by atoms with Crippen molar-refractivity contribution in [1.82, 2.24) is 4.90 Å². The van der Waals surface area contributed by atoms with E-state index in [0.29, 0.717) is 11.6 Å². The lowest BCUT2D eigenvalue weighted by atomic mass is 10.0. The lowest BCUT2D eigenvalue weighted by molar-refractivity contribution is -0.131. The second-order valence-electron chi connectivity index (χ2n) is 6.47. The van der Waals surface area contributed by atoms with E-state index in [1.54, 1.807) is 18.2 Å². The fourth-order valence-electron chi connectivity index (χ4n) is 3.18. The summed E-state index contributed by atoms with van der Waals surface area (Å²) in [6.07, 6.45) is 2.16. The first-order valence-electron chi connectivity index (χ1n) is 8.49. The summed E-state index contributed by atoms with van der Waals surface area (Å²) in [6.45, 7) is 3.61. The molecule has 1 aliphatic heterocycles. The van der Waals surface area contributed by atoms with Crippen molar-refractivity contribution in [3.8, 4) is 5.75 Å². The van der Waals surface area contributed by atoms with Crippen LogP contribution in [0.25, 0.3) is 0 Å². The van der Waals surface area contributed by atoms with Gasteiger partial charge in [-0.3, -0.25) is 4.79 Å². The minimum absolute atomic E-state index is 0.0884. The third kappa shape index (κ3) is 4.07. The van der Waals surface area contributed by atoms with Crippen LogP contribution in [-0.2, 0) is 11.2 Å². The number of carbonyl (C=O) groups is 1. The van der Waals surface area contributed by atoms with Crippen molar-refractivity contribution in [2.75, 3.05) is 18.4 Å². The van der Waals surface area contributed by atoms with E-state index in [2.05, 4.69) is 36.5 Å². The number of rotatable bonds is 4. The summed E-state index contributed by atoms with van der Waals surface area (Å²) >= 11 is 0. The van der Waals surface area contributed by atoms with Crippen LogP contribution >= 0.6 is 0 Å². The van der Waals surface area contributed by atoms with Crippen molar-refractivity contribution in [3.05, 3.63) is 59.7 Å². The van der Waals surface area contributed by atoms with Gasteiger partial charge in [0.1, 0.15) is 5.75 Å². The first kappa shape index (κ1) is 16.4. The number of phenols is 1. The first-order chi connectivity index (χ1) is 11.6. The van der Waals surface area contributed by atoms with Crippen LogP contribution in [0.2, 0.25) is 0 Å². The molecule has 1 heterocycles. The van der Waals surface area contributed by atoms with Crippen LogP contribution in [0.5, 0.6) is 5.75 Å². The van der Waals surface area contributed by atoms with Crippen molar-refractivity contribution in [2.24, 2.45) is 0 Å². The molecule has 24 heavy (non-hydrogen) atoms. The van der Waals surface area contributed by atoms with Gasteiger partial charge in [-0.1, -0.05) is 30.3 Å². The number of para-hydroxylation sites is 1. The molecule has 4 heteroatoms. The number of benzene rings is 2. The molecule has 0 aromatic heterocycles. The maximum absolute atomic E-state index is 12.4. The van der Waals surface area contributed by atoms with Crippen molar-refractivity contribution in [2.45, 2.75) is 32.2 Å². The van der Waals surface area contributed by atoms with Gasteiger partial charge in [-0.25, -0.2) is 0 Å². The molecule has 0 bridgehead atoms. The maximum Gasteiger partial charge on any atom is 0.227 e. The average Bonchev–Trinajstić information content (AvgIpc) is 2.57. The quantitative estimate of drug-likeness (QED) is 0.907. The van der Waals surface area contributed by atoms with Crippen LogP contribution in [0.1, 0.15) is 24.0 Å². The highest BCUT2D eigenvalue weighted by Crippen LogP contribution is 2.20. The molecule has 0 atom stereocenters. The fourth-order valence-corrected chi connectivity index (χ4v) is 3.18. The predicted octanol–water partition coefficient (Wildman–Crippen LogP) is 3.35. The minimum atomic E-state index is 0.0884. The van der Waals surface area contributed by atoms with E-state index in [1.807, 2.05) is 11.0 Å². The average molecular weight is 324 g/mol. The largest absolute Gasteiger partial charge is 0.508 e. The standard InChI is InChI=1S/C20H24N2O2/c1-15-5-4-7-18(13-15)21-17-9-11-22(12-10-17)20(24)14-16-6-2-3-8-19(16)23/h2-8,13,17,21,23H,9-12,14H2,1H3. The number of carbonyl (C=O) groups excluding carboxylic acids is 1.